The lowest BCUT2D eigenvalue weighted by Crippen LogP contribution is -2.54. The molecule has 1 saturated heterocycles. The van der Waals surface area contributed by atoms with Gasteiger partial charge in [-0.15, -0.1) is 0 Å². The molecule has 0 amide bonds. The molecule has 7 heteroatoms. The molecule has 4 aliphatic rings. The Morgan fingerprint density at radius 1 is 1.07 bits per heavy atom. The van der Waals surface area contributed by atoms with Gasteiger partial charge in [0.15, 0.2) is 5.79 Å². The van der Waals surface area contributed by atoms with E-state index in [0.29, 0.717) is 30.8 Å². The number of carbonyl (C=O) groups is 1. The van der Waals surface area contributed by atoms with Crippen molar-refractivity contribution >= 4 is 5.97 Å². The molecule has 1 spiro atoms. The van der Waals surface area contributed by atoms with E-state index in [4.69, 9.17) is 18.9 Å². The van der Waals surface area contributed by atoms with Gasteiger partial charge in [0.1, 0.15) is 17.6 Å². The van der Waals surface area contributed by atoms with Crippen molar-refractivity contribution in [2.75, 3.05) is 7.11 Å². The lowest BCUT2D eigenvalue weighted by atomic mass is 9.71. The molecule has 0 aromatic carbocycles. The van der Waals surface area contributed by atoms with Crippen molar-refractivity contribution in [3.63, 3.8) is 0 Å². The first-order valence-corrected chi connectivity index (χ1v) is 15.7. The van der Waals surface area contributed by atoms with Gasteiger partial charge in [0.25, 0.3) is 0 Å². The number of hydrogen-bond acceptors (Lipinski definition) is 7. The molecule has 1 aliphatic carbocycles. The summed E-state index contributed by atoms with van der Waals surface area (Å²) >= 11 is 0. The summed E-state index contributed by atoms with van der Waals surface area (Å²) in [4.78, 5) is 14.0. The Bertz CT molecular complexity index is 1130. The molecule has 3 aliphatic heterocycles. The van der Waals surface area contributed by atoms with Crippen LogP contribution in [0.1, 0.15) is 80.6 Å². The van der Waals surface area contributed by atoms with Crippen LogP contribution in [0.5, 0.6) is 0 Å². The van der Waals surface area contributed by atoms with Gasteiger partial charge < -0.3 is 29.2 Å². The predicted octanol–water partition coefficient (Wildman–Crippen LogP) is 5.97. The maximum absolute atomic E-state index is 14.0. The van der Waals surface area contributed by atoms with E-state index < -0.39 is 35.5 Å². The normalized spacial score (nSPS) is 45.5. The fourth-order valence-electron chi connectivity index (χ4n) is 6.87. The van der Waals surface area contributed by atoms with Gasteiger partial charge in [0.2, 0.25) is 0 Å². The van der Waals surface area contributed by atoms with Crippen molar-refractivity contribution < 1.29 is 34.0 Å². The second-order valence-electron chi connectivity index (χ2n) is 13.2. The highest BCUT2D eigenvalue weighted by Gasteiger charge is 2.51. The Labute approximate surface area is 252 Å². The van der Waals surface area contributed by atoms with E-state index in [1.54, 1.807) is 13.2 Å². The minimum atomic E-state index is -1.49. The monoisotopic (exact) mass is 584 g/mol. The van der Waals surface area contributed by atoms with Gasteiger partial charge in [-0.2, -0.15) is 0 Å². The largest absolute Gasteiger partial charge is 0.462 e. The lowest BCUT2D eigenvalue weighted by molar-refractivity contribution is -0.300. The zero-order valence-electron chi connectivity index (χ0n) is 26.7. The summed E-state index contributed by atoms with van der Waals surface area (Å²) in [5.74, 6) is -1.94. The highest BCUT2D eigenvalue weighted by atomic mass is 16.7. The van der Waals surface area contributed by atoms with Crippen LogP contribution >= 0.6 is 0 Å². The number of hydrogen-bond donors (Lipinski definition) is 2. The molecule has 0 radical (unpaired) electrons. The Hall–Kier alpha value is -2.03. The first kappa shape index (κ1) is 32.9. The van der Waals surface area contributed by atoms with Crippen LogP contribution in [0.2, 0.25) is 0 Å². The number of esters is 1. The maximum atomic E-state index is 14.0. The van der Waals surface area contributed by atoms with Crippen molar-refractivity contribution in [2.45, 2.75) is 122 Å². The van der Waals surface area contributed by atoms with Crippen molar-refractivity contribution in [1.82, 2.24) is 0 Å². The van der Waals surface area contributed by atoms with Gasteiger partial charge in [-0.1, -0.05) is 70.6 Å². The highest BCUT2D eigenvalue weighted by Crippen LogP contribution is 2.44. The molecule has 11 unspecified atom stereocenters. The number of aliphatic hydroxyl groups excluding tert-OH is 1. The van der Waals surface area contributed by atoms with Gasteiger partial charge in [0.05, 0.1) is 24.4 Å². The minimum absolute atomic E-state index is 0.0209. The molecule has 7 nitrogen and oxygen atoms in total. The molecule has 42 heavy (non-hydrogen) atoms. The number of fused-ring (bicyclic) bond motifs is 3. The van der Waals surface area contributed by atoms with Crippen LogP contribution in [0.15, 0.2) is 59.3 Å². The number of carbonyl (C=O) groups excluding carboxylic acids is 1. The number of methoxy groups -OCH3 is 1. The third-order valence-corrected chi connectivity index (χ3v) is 10.00. The number of aliphatic hydroxyl groups is 2. The summed E-state index contributed by atoms with van der Waals surface area (Å²) in [5.41, 5.74) is 0.899. The van der Waals surface area contributed by atoms with E-state index >= 15 is 0 Å². The van der Waals surface area contributed by atoms with Crippen LogP contribution in [0.3, 0.4) is 0 Å². The molecule has 3 heterocycles. The summed E-state index contributed by atoms with van der Waals surface area (Å²) in [6.45, 7) is 14.2. The van der Waals surface area contributed by atoms with Crippen LogP contribution in [-0.2, 0) is 23.7 Å². The Morgan fingerprint density at radius 2 is 1.81 bits per heavy atom. The SMILES string of the molecule is CCC(C)C1OC2(C=CC1C)CC1CC(C/C=C(/C)C(O)C(C)/C=C\C=C(\C)C3(O)CC(OC)C(C)=CC3C(=O)O1)O2. The average molecular weight is 585 g/mol. The summed E-state index contributed by atoms with van der Waals surface area (Å²) in [5, 5.41) is 23.1. The lowest BCUT2D eigenvalue weighted by Gasteiger charge is -2.48. The smallest absolute Gasteiger partial charge is 0.316 e. The molecule has 0 saturated carbocycles. The van der Waals surface area contributed by atoms with Crippen molar-refractivity contribution in [1.29, 1.82) is 0 Å². The minimum Gasteiger partial charge on any atom is -0.462 e. The van der Waals surface area contributed by atoms with Gasteiger partial charge in [-0.3, -0.25) is 4.79 Å². The summed E-state index contributed by atoms with van der Waals surface area (Å²) in [6.07, 6.45) is 14.5. The first-order chi connectivity index (χ1) is 19.8. The zero-order chi connectivity index (χ0) is 30.8. The van der Waals surface area contributed by atoms with E-state index in [2.05, 4.69) is 26.8 Å². The van der Waals surface area contributed by atoms with E-state index in [0.717, 1.165) is 17.6 Å². The average Bonchev–Trinajstić information content (AvgIpc) is 2.96. The van der Waals surface area contributed by atoms with Crippen molar-refractivity contribution in [3.8, 4) is 0 Å². The van der Waals surface area contributed by atoms with Crippen LogP contribution < -0.4 is 0 Å². The number of ether oxygens (including phenoxy) is 4. The third kappa shape index (κ3) is 6.86. The van der Waals surface area contributed by atoms with E-state index in [9.17, 15) is 15.0 Å². The summed E-state index contributed by atoms with van der Waals surface area (Å²) < 4.78 is 25.4. The summed E-state index contributed by atoms with van der Waals surface area (Å²) in [7, 11) is 1.62. The Balaban J connectivity index is 1.75. The van der Waals surface area contributed by atoms with Crippen molar-refractivity contribution in [2.24, 2.45) is 23.7 Å². The number of rotatable bonds is 3. The number of allylic oxidation sites excluding steroid dienone is 2. The maximum Gasteiger partial charge on any atom is 0.316 e. The molecular formula is C35H52O7. The molecule has 2 bridgehead atoms. The fourth-order valence-corrected chi connectivity index (χ4v) is 6.87. The highest BCUT2D eigenvalue weighted by molar-refractivity contribution is 5.78. The Kier molecular flexibility index (Phi) is 10.4. The predicted molar refractivity (Wildman–Crippen MR) is 163 cm³/mol. The fraction of sp³-hybridized carbons (Fsp3) is 0.686. The van der Waals surface area contributed by atoms with Crippen LogP contribution in [0.25, 0.3) is 0 Å². The standard InChI is InChI=1S/C35H52O7/c1-9-21(2)32-24(5)15-16-34(42-32)19-28-18-27(41-34)14-13-23(4)31(36)22(3)11-10-12-26(7)35(38)20-30(39-8)25(6)17-29(35)33(37)40-28/h10-13,15-17,21-22,24,27-32,36,38H,9,14,18-20H2,1-8H3/b11-10-,23-13-,26-12-. The Morgan fingerprint density at radius 3 is 2.50 bits per heavy atom. The second-order valence-corrected chi connectivity index (χ2v) is 13.2. The van der Waals surface area contributed by atoms with Crippen LogP contribution in [0.4, 0.5) is 0 Å². The molecule has 0 aromatic rings. The molecular weight excluding hydrogens is 532 g/mol. The second kappa shape index (κ2) is 13.3. The molecule has 4 rings (SSSR count). The molecule has 0 aromatic heterocycles. The molecule has 2 N–H and O–H groups in total. The van der Waals surface area contributed by atoms with E-state index in [1.807, 2.05) is 58.1 Å². The molecule has 11 atom stereocenters. The van der Waals surface area contributed by atoms with Crippen LogP contribution in [0, 0.1) is 23.7 Å². The van der Waals surface area contributed by atoms with Gasteiger partial charge in [0, 0.05) is 38.2 Å². The quantitative estimate of drug-likeness (QED) is 0.312. The van der Waals surface area contributed by atoms with Crippen molar-refractivity contribution in [3.05, 3.63) is 59.3 Å². The molecule has 234 valence electrons. The first-order valence-electron chi connectivity index (χ1n) is 15.7. The summed E-state index contributed by atoms with van der Waals surface area (Å²) in [6, 6.07) is 0. The van der Waals surface area contributed by atoms with Crippen LogP contribution in [-0.4, -0.2) is 65.2 Å². The topological polar surface area (TPSA) is 94.5 Å². The zero-order valence-corrected chi connectivity index (χ0v) is 26.7. The van der Waals surface area contributed by atoms with E-state index in [1.165, 1.54) is 0 Å². The third-order valence-electron chi connectivity index (χ3n) is 10.00. The van der Waals surface area contributed by atoms with Gasteiger partial charge >= 0.3 is 5.97 Å². The van der Waals surface area contributed by atoms with Gasteiger partial charge in [-0.25, -0.2) is 0 Å². The van der Waals surface area contributed by atoms with Gasteiger partial charge in [-0.05, 0) is 55.9 Å². The molecule has 1 fully saturated rings. The van der Waals surface area contributed by atoms with E-state index in [-0.39, 0.29) is 36.6 Å².